The monoisotopic (exact) mass is 459 g/mol. The summed E-state index contributed by atoms with van der Waals surface area (Å²) in [5, 5.41) is 8.04. The van der Waals surface area contributed by atoms with Crippen molar-refractivity contribution >= 4 is 28.9 Å². The minimum absolute atomic E-state index is 0.814. The summed E-state index contributed by atoms with van der Waals surface area (Å²) in [6.45, 7) is 0.814. The van der Waals surface area contributed by atoms with E-state index in [9.17, 15) is 0 Å². The average Bonchev–Trinajstić information content (AvgIpc) is 2.93. The third kappa shape index (κ3) is 4.67. The van der Waals surface area contributed by atoms with E-state index in [1.807, 2.05) is 0 Å². The summed E-state index contributed by atoms with van der Waals surface area (Å²) in [6.07, 6.45) is 0.989. The van der Waals surface area contributed by atoms with Crippen molar-refractivity contribution in [2.45, 2.75) is 12.7 Å². The second kappa shape index (κ2) is 10.5. The van der Waals surface area contributed by atoms with E-state index < -0.39 is 7.26 Å². The number of benzene rings is 5. The summed E-state index contributed by atoms with van der Waals surface area (Å²) < 4.78 is 0. The fourth-order valence-corrected chi connectivity index (χ4v) is 9.68. The first-order chi connectivity index (χ1) is 16.9. The van der Waals surface area contributed by atoms with E-state index in [4.69, 9.17) is 0 Å². The van der Waals surface area contributed by atoms with Gasteiger partial charge in [-0.25, -0.2) is 0 Å². The molecule has 0 aliphatic heterocycles. The van der Waals surface area contributed by atoms with Crippen LogP contribution in [0.2, 0.25) is 0 Å². The molecule has 0 radical (unpaired) electrons. The van der Waals surface area contributed by atoms with Crippen LogP contribution in [0.5, 0.6) is 0 Å². The molecule has 0 fully saturated rings. The zero-order valence-corrected chi connectivity index (χ0v) is 20.3. The molecule has 5 aromatic rings. The maximum atomic E-state index is 3.73. The number of para-hydroxylation sites is 1. The number of hydrogen-bond acceptors (Lipinski definition) is 1. The van der Waals surface area contributed by atoms with Crippen LogP contribution in [0.25, 0.3) is 0 Å². The summed E-state index contributed by atoms with van der Waals surface area (Å²) in [7, 11) is -2.34. The van der Waals surface area contributed by atoms with Crippen molar-refractivity contribution in [3.63, 3.8) is 0 Å². The second-order valence-corrected chi connectivity index (χ2v) is 12.6. The van der Waals surface area contributed by atoms with Gasteiger partial charge in [-0.05, 0) is 0 Å². The summed E-state index contributed by atoms with van der Waals surface area (Å²) in [4.78, 5) is 0. The molecule has 34 heavy (non-hydrogen) atoms. The summed E-state index contributed by atoms with van der Waals surface area (Å²) >= 11 is 0. The van der Waals surface area contributed by atoms with Gasteiger partial charge >= 0.3 is 204 Å². The van der Waals surface area contributed by atoms with E-state index in [0.29, 0.717) is 0 Å². The molecule has 0 bridgehead atoms. The van der Waals surface area contributed by atoms with Gasteiger partial charge in [0.2, 0.25) is 0 Å². The Bertz CT molecular complexity index is 1210. The molecule has 1 nitrogen and oxygen atoms in total. The van der Waals surface area contributed by atoms with E-state index in [2.05, 4.69) is 151 Å². The SMILES string of the molecule is c1ccc(CNc2ccccc2C[PH](c2ccccc2)(c2ccccc2)c2ccccc2)cc1. The first kappa shape index (κ1) is 22.1. The van der Waals surface area contributed by atoms with Crippen LogP contribution in [0, 0.1) is 0 Å². The molecule has 5 rings (SSSR count). The molecule has 168 valence electrons. The van der Waals surface area contributed by atoms with Crippen molar-refractivity contribution in [2.24, 2.45) is 0 Å². The Balaban J connectivity index is 1.63. The topological polar surface area (TPSA) is 12.0 Å². The Morgan fingerprint density at radius 3 is 1.35 bits per heavy atom. The fourth-order valence-electron chi connectivity index (χ4n) is 4.90. The van der Waals surface area contributed by atoms with Crippen LogP contribution in [0.4, 0.5) is 5.69 Å². The molecule has 0 aromatic heterocycles. The maximum absolute atomic E-state index is 3.73. The summed E-state index contributed by atoms with van der Waals surface area (Å²) in [5.74, 6) is 0. The molecular weight excluding hydrogens is 429 g/mol. The molecule has 0 aliphatic rings. The Kier molecular flexibility index (Phi) is 6.84. The van der Waals surface area contributed by atoms with Crippen LogP contribution < -0.4 is 21.2 Å². The number of nitrogens with one attached hydrogen (secondary N) is 1. The first-order valence-corrected chi connectivity index (χ1v) is 14.1. The fraction of sp³-hybridized carbons (Fsp3) is 0.0625. The predicted octanol–water partition coefficient (Wildman–Crippen LogP) is 6.53. The number of rotatable bonds is 8. The van der Waals surface area contributed by atoms with E-state index in [0.717, 1.165) is 12.7 Å². The van der Waals surface area contributed by atoms with Gasteiger partial charge in [0, 0.05) is 0 Å². The van der Waals surface area contributed by atoms with E-state index in [1.165, 1.54) is 32.7 Å². The molecule has 0 amide bonds. The van der Waals surface area contributed by atoms with Crippen LogP contribution in [0.1, 0.15) is 11.1 Å². The van der Waals surface area contributed by atoms with Gasteiger partial charge in [0.25, 0.3) is 0 Å². The third-order valence-corrected chi connectivity index (χ3v) is 11.5. The summed E-state index contributed by atoms with van der Waals surface area (Å²) in [5.41, 5.74) is 3.86. The van der Waals surface area contributed by atoms with Gasteiger partial charge in [0.1, 0.15) is 0 Å². The molecule has 5 aromatic carbocycles. The van der Waals surface area contributed by atoms with Gasteiger partial charge < -0.3 is 0 Å². The van der Waals surface area contributed by atoms with Crippen molar-refractivity contribution in [1.82, 2.24) is 0 Å². The molecule has 0 heterocycles. The van der Waals surface area contributed by atoms with Crippen molar-refractivity contribution in [3.05, 3.63) is 157 Å². The Hall–Kier alpha value is -3.67. The molecule has 0 unspecified atom stereocenters. The van der Waals surface area contributed by atoms with Crippen molar-refractivity contribution in [2.75, 3.05) is 5.32 Å². The van der Waals surface area contributed by atoms with Crippen molar-refractivity contribution < 1.29 is 0 Å². The molecule has 2 heteroatoms. The van der Waals surface area contributed by atoms with E-state index in [-0.39, 0.29) is 0 Å². The van der Waals surface area contributed by atoms with Crippen LogP contribution in [-0.4, -0.2) is 0 Å². The van der Waals surface area contributed by atoms with Crippen LogP contribution in [0.15, 0.2) is 146 Å². The van der Waals surface area contributed by atoms with Gasteiger partial charge in [-0.1, -0.05) is 0 Å². The minimum atomic E-state index is -2.34. The molecule has 1 N–H and O–H groups in total. The molecule has 0 saturated heterocycles. The molecular formula is C32H30NP. The van der Waals surface area contributed by atoms with Gasteiger partial charge in [-0.15, -0.1) is 0 Å². The van der Waals surface area contributed by atoms with Gasteiger partial charge in [0.15, 0.2) is 0 Å². The standard InChI is InChI=1S/C32H30NP/c1-5-15-27(16-6-1)25-33-32-24-14-13-17-28(32)26-34(29-18-7-2-8-19-29,30-20-9-3-10-21-30)31-22-11-4-12-23-31/h1-24,33-34H,25-26H2. The predicted molar refractivity (Wildman–Crippen MR) is 150 cm³/mol. The van der Waals surface area contributed by atoms with Crippen molar-refractivity contribution in [1.29, 1.82) is 0 Å². The Morgan fingerprint density at radius 1 is 0.441 bits per heavy atom. The van der Waals surface area contributed by atoms with E-state index >= 15 is 0 Å². The first-order valence-electron chi connectivity index (χ1n) is 11.9. The zero-order valence-electron chi connectivity index (χ0n) is 19.3. The zero-order chi connectivity index (χ0) is 23.1. The average molecular weight is 460 g/mol. The molecule has 0 aliphatic carbocycles. The molecule has 0 spiro atoms. The van der Waals surface area contributed by atoms with Crippen LogP contribution in [0.3, 0.4) is 0 Å². The normalized spacial score (nSPS) is 11.6. The summed E-state index contributed by atoms with van der Waals surface area (Å²) in [6, 6.07) is 52.8. The second-order valence-electron chi connectivity index (χ2n) is 8.68. The van der Waals surface area contributed by atoms with E-state index in [1.54, 1.807) is 0 Å². The number of hydrogen-bond donors (Lipinski definition) is 1. The molecule has 0 saturated carbocycles. The number of anilines is 1. The quantitative estimate of drug-likeness (QED) is 0.260. The molecule has 0 atom stereocenters. The Labute approximate surface area is 203 Å². The Morgan fingerprint density at radius 2 is 0.853 bits per heavy atom. The van der Waals surface area contributed by atoms with Crippen LogP contribution in [-0.2, 0) is 12.7 Å². The van der Waals surface area contributed by atoms with Gasteiger partial charge in [-0.2, -0.15) is 0 Å². The third-order valence-electron chi connectivity index (χ3n) is 6.60. The van der Waals surface area contributed by atoms with Gasteiger partial charge in [-0.3, -0.25) is 0 Å². The van der Waals surface area contributed by atoms with Crippen molar-refractivity contribution in [3.8, 4) is 0 Å². The van der Waals surface area contributed by atoms with Gasteiger partial charge in [0.05, 0.1) is 0 Å². The van der Waals surface area contributed by atoms with Crippen LogP contribution >= 0.6 is 7.26 Å².